The minimum Gasteiger partial charge on any atom is -0.392 e. The fraction of sp³-hybridized carbons (Fsp3) is 0.326. The Morgan fingerprint density at radius 2 is 1.30 bits per heavy atom. The number of nitrogens with zero attached hydrogens (tertiary/aromatic N) is 3. The number of carbonyl (C=O) groups is 1. The van der Waals surface area contributed by atoms with Crippen molar-refractivity contribution in [2.24, 2.45) is 0 Å². The average molecular weight is 804 g/mol. The number of aliphatic hydroxyl groups is 2. The van der Waals surface area contributed by atoms with Gasteiger partial charge in [-0.05, 0) is 83.3 Å². The van der Waals surface area contributed by atoms with Crippen molar-refractivity contribution in [2.45, 2.75) is 83.7 Å². The maximum Gasteiger partial charge on any atom is 0.139 e. The Bertz CT molecular complexity index is 2350. The van der Waals surface area contributed by atoms with E-state index in [9.17, 15) is 9.90 Å². The highest BCUT2D eigenvalue weighted by molar-refractivity contribution is 6.33. The molecule has 4 aromatic carbocycles. The van der Waals surface area contributed by atoms with Crippen molar-refractivity contribution in [3.05, 3.63) is 151 Å². The lowest BCUT2D eigenvalue weighted by Crippen LogP contribution is -2.42. The van der Waals surface area contributed by atoms with Gasteiger partial charge in [0.25, 0.3) is 0 Å². The molecule has 0 amide bonds. The van der Waals surface area contributed by atoms with E-state index in [1.165, 1.54) is 40.2 Å². The van der Waals surface area contributed by atoms with Crippen LogP contribution < -0.4 is 5.32 Å². The molecule has 1 unspecified atom stereocenters. The lowest BCUT2D eigenvalue weighted by Gasteiger charge is -2.37. The van der Waals surface area contributed by atoms with E-state index >= 15 is 0 Å². The van der Waals surface area contributed by atoms with Crippen molar-refractivity contribution in [3.8, 4) is 22.8 Å². The number of ketones is 1. The first kappa shape index (κ1) is 39.2. The molecule has 11 heteroatoms. The molecule has 4 aliphatic rings. The molecule has 0 saturated carbocycles. The summed E-state index contributed by atoms with van der Waals surface area (Å²) in [4.78, 5) is 30.0. The van der Waals surface area contributed by atoms with Crippen LogP contribution in [-0.2, 0) is 69.6 Å². The highest BCUT2D eigenvalue weighted by atomic mass is 35.5. The summed E-state index contributed by atoms with van der Waals surface area (Å²) in [5.74, 6) is 2.06. The molecule has 9 nitrogen and oxygen atoms in total. The average Bonchev–Trinajstić information content (AvgIpc) is 3.88. The predicted octanol–water partition coefficient (Wildman–Crippen LogP) is 7.75. The van der Waals surface area contributed by atoms with Crippen LogP contribution in [0.2, 0.25) is 10.0 Å². The smallest absolute Gasteiger partial charge is 0.139 e. The fourth-order valence-corrected chi connectivity index (χ4v) is 8.82. The van der Waals surface area contributed by atoms with Gasteiger partial charge < -0.3 is 25.5 Å². The second-order valence-electron chi connectivity index (χ2n) is 15.3. The molecular weight excluding hydrogens is 755 g/mol. The Labute approximate surface area is 343 Å². The molecule has 0 spiro atoms. The zero-order valence-electron chi connectivity index (χ0n) is 32.0. The van der Waals surface area contributed by atoms with Gasteiger partial charge in [-0.3, -0.25) is 9.69 Å². The van der Waals surface area contributed by atoms with E-state index < -0.39 is 0 Å². The predicted molar refractivity (Wildman–Crippen MR) is 225 cm³/mol. The van der Waals surface area contributed by atoms with Crippen molar-refractivity contribution in [1.82, 2.24) is 30.2 Å². The summed E-state index contributed by atoms with van der Waals surface area (Å²) in [5.41, 5.74) is 13.8. The summed E-state index contributed by atoms with van der Waals surface area (Å²) in [6.45, 7) is 3.99. The van der Waals surface area contributed by atoms with E-state index in [2.05, 4.69) is 37.3 Å². The number of benzene rings is 4. The lowest BCUT2D eigenvalue weighted by molar-refractivity contribution is -0.118. The van der Waals surface area contributed by atoms with Gasteiger partial charge in [0, 0.05) is 69.0 Å². The van der Waals surface area contributed by atoms with Crippen LogP contribution in [0, 0.1) is 0 Å². The van der Waals surface area contributed by atoms with Gasteiger partial charge in [-0.15, -0.1) is 0 Å². The van der Waals surface area contributed by atoms with Gasteiger partial charge in [-0.25, -0.2) is 9.97 Å². The minimum absolute atomic E-state index is 0.0570. The lowest BCUT2D eigenvalue weighted by atomic mass is 9.86. The first-order chi connectivity index (χ1) is 27.8. The molecule has 294 valence electrons. The maximum absolute atomic E-state index is 11.2. The molecule has 6 aromatic rings. The summed E-state index contributed by atoms with van der Waals surface area (Å²) in [7, 11) is 0. The van der Waals surface area contributed by atoms with Crippen molar-refractivity contribution in [3.63, 3.8) is 0 Å². The number of aliphatic hydroxyl groups excluding tert-OH is 2. The third-order valence-corrected chi connectivity index (χ3v) is 12.2. The Hall–Kier alpha value is -4.61. The molecule has 5 N–H and O–H groups in total. The van der Waals surface area contributed by atoms with Gasteiger partial charge in [-0.2, -0.15) is 0 Å². The number of aromatic nitrogens is 4. The molecule has 2 aromatic heterocycles. The number of hydrogen-bond acceptors (Lipinski definition) is 7. The van der Waals surface area contributed by atoms with Crippen molar-refractivity contribution in [1.29, 1.82) is 0 Å². The highest BCUT2D eigenvalue weighted by Crippen LogP contribution is 2.32. The first-order valence-corrected chi connectivity index (χ1v) is 20.7. The van der Waals surface area contributed by atoms with E-state index in [0.29, 0.717) is 24.7 Å². The van der Waals surface area contributed by atoms with Gasteiger partial charge in [0.1, 0.15) is 17.4 Å². The van der Waals surface area contributed by atoms with E-state index in [0.717, 1.165) is 113 Å². The third-order valence-electron chi connectivity index (χ3n) is 11.5. The Balaban J connectivity index is 0.000000132. The van der Waals surface area contributed by atoms with Crippen molar-refractivity contribution >= 4 is 29.0 Å². The standard InChI is InChI=1S/C23H24ClN3O.C12H12ClN3.C11H12O2/c24-20-4-2-1-3-19(20)23-25-21-9-10-27(13-22(21)26-23)18-8-7-16-6-5-15(14-28)11-17(16)12-18;13-9-4-2-1-3-8(9)12-15-10-5-6-14-7-11(10)16-12;12-7-8-1-2-9-3-4-11(13)6-10(9)5-8/h1-6,11,18,28H,7-10,12-14H2,(H,25,26);1-4,14H,5-7H2,(H,15,16);1-2,5,12H,3-4,6-7H2. The van der Waals surface area contributed by atoms with Crippen LogP contribution >= 0.6 is 23.2 Å². The number of fused-ring (bicyclic) bond motifs is 4. The van der Waals surface area contributed by atoms with Crippen LogP contribution in [0.1, 0.15) is 69.0 Å². The van der Waals surface area contributed by atoms with Gasteiger partial charge in [-0.1, -0.05) is 83.9 Å². The normalized spacial score (nSPS) is 17.2. The molecular formula is C46H48Cl2N6O3. The molecule has 2 aliphatic heterocycles. The SMILES string of the molecule is Clc1ccccc1-c1nc2c([nH]1)CNCC2.O=C1CCc2ccc(CO)cc2C1.OCc1ccc2c(c1)CC(N1CCc3nc(-c4ccccc4Cl)[nH]c3C1)CC2. The number of imidazole rings is 2. The van der Waals surface area contributed by atoms with E-state index in [1.807, 2.05) is 72.8 Å². The number of aryl methyl sites for hydroxylation is 2. The van der Waals surface area contributed by atoms with E-state index in [4.69, 9.17) is 33.3 Å². The molecule has 1 atom stereocenters. The molecule has 4 heterocycles. The zero-order chi connectivity index (χ0) is 39.3. The van der Waals surface area contributed by atoms with E-state index in [1.54, 1.807) is 0 Å². The van der Waals surface area contributed by atoms with Crippen molar-refractivity contribution < 1.29 is 15.0 Å². The van der Waals surface area contributed by atoms with Gasteiger partial charge in [0.05, 0.1) is 46.0 Å². The van der Waals surface area contributed by atoms with Gasteiger partial charge in [0.2, 0.25) is 0 Å². The topological polar surface area (TPSA) is 130 Å². The first-order valence-electron chi connectivity index (χ1n) is 19.9. The summed E-state index contributed by atoms with van der Waals surface area (Å²) < 4.78 is 0. The van der Waals surface area contributed by atoms with E-state index in [-0.39, 0.29) is 13.2 Å². The molecule has 0 radical (unpaired) electrons. The third kappa shape index (κ3) is 9.10. The molecule has 0 fully saturated rings. The Morgan fingerprint density at radius 1 is 0.684 bits per heavy atom. The van der Waals surface area contributed by atoms with Crippen LogP contribution in [0.5, 0.6) is 0 Å². The van der Waals surface area contributed by atoms with Crippen LogP contribution in [0.4, 0.5) is 0 Å². The monoisotopic (exact) mass is 802 g/mol. The number of nitrogens with one attached hydrogen (secondary N) is 3. The quantitative estimate of drug-likeness (QED) is 0.121. The highest BCUT2D eigenvalue weighted by Gasteiger charge is 2.29. The Morgan fingerprint density at radius 3 is 1.95 bits per heavy atom. The molecule has 0 bridgehead atoms. The second-order valence-corrected chi connectivity index (χ2v) is 16.1. The van der Waals surface area contributed by atoms with Gasteiger partial charge >= 0.3 is 0 Å². The summed E-state index contributed by atoms with van der Waals surface area (Å²) in [5, 5.41) is 23.2. The number of hydrogen-bond donors (Lipinski definition) is 5. The molecule has 10 rings (SSSR count). The summed E-state index contributed by atoms with van der Waals surface area (Å²) in [6, 6.07) is 28.5. The number of rotatable bonds is 5. The number of H-pyrrole nitrogens is 2. The number of aromatic amines is 2. The second kappa shape index (κ2) is 17.9. The molecule has 2 aliphatic carbocycles. The van der Waals surface area contributed by atoms with Crippen LogP contribution in [0.25, 0.3) is 22.8 Å². The van der Waals surface area contributed by atoms with Gasteiger partial charge in [0.15, 0.2) is 0 Å². The number of Topliss-reactive ketones (excluding diaryl/α,β-unsaturated/α-hetero) is 1. The van der Waals surface area contributed by atoms with Crippen molar-refractivity contribution in [2.75, 3.05) is 13.1 Å². The fourth-order valence-electron chi connectivity index (χ4n) is 8.37. The molecule has 57 heavy (non-hydrogen) atoms. The van der Waals surface area contributed by atoms with Crippen LogP contribution in [0.3, 0.4) is 0 Å². The summed E-state index contributed by atoms with van der Waals surface area (Å²) in [6.07, 6.45) is 7.39. The molecule has 0 saturated heterocycles. The van der Waals surface area contributed by atoms with Crippen LogP contribution in [-0.4, -0.2) is 60.0 Å². The maximum atomic E-state index is 11.2. The minimum atomic E-state index is 0.0570. The summed E-state index contributed by atoms with van der Waals surface area (Å²) >= 11 is 12.5. The van der Waals surface area contributed by atoms with Crippen LogP contribution in [0.15, 0.2) is 84.9 Å². The Kier molecular flexibility index (Phi) is 12.3. The largest absolute Gasteiger partial charge is 0.392 e. The number of carbonyl (C=O) groups excluding carboxylic acids is 1. The zero-order valence-corrected chi connectivity index (χ0v) is 33.5. The number of halogens is 2.